The number of unbranched alkanes of at least 4 members (excludes halogenated alkanes) is 23. The van der Waals surface area contributed by atoms with E-state index in [1.165, 1.54) is 122 Å². The summed E-state index contributed by atoms with van der Waals surface area (Å²) in [5.74, 6) is -1.56. The zero-order valence-corrected chi connectivity index (χ0v) is 45.1. The van der Waals surface area contributed by atoms with Gasteiger partial charge in [-0.25, -0.2) is 4.79 Å². The molecule has 1 aromatic rings. The number of amides is 1. The lowest BCUT2D eigenvalue weighted by Gasteiger charge is -2.42. The molecule has 2 N–H and O–H groups in total. The van der Waals surface area contributed by atoms with Crippen LogP contribution in [0, 0.1) is 0 Å². The lowest BCUT2D eigenvalue weighted by Crippen LogP contribution is -2.60. The van der Waals surface area contributed by atoms with E-state index in [1.807, 2.05) is 38.1 Å². The van der Waals surface area contributed by atoms with Gasteiger partial charge in [0.15, 0.2) is 20.4 Å². The molecule has 1 aromatic carbocycles. The number of fused-ring (bicyclic) bond motifs is 1. The number of nitrogens with one attached hydrogen (secondary N) is 1. The summed E-state index contributed by atoms with van der Waals surface area (Å²) in [6.07, 6.45) is 30.0. The lowest BCUT2D eigenvalue weighted by atomic mass is 9.99. The van der Waals surface area contributed by atoms with E-state index in [0.29, 0.717) is 12.0 Å². The van der Waals surface area contributed by atoms with E-state index in [0.717, 1.165) is 38.5 Å². The van der Waals surface area contributed by atoms with E-state index in [-0.39, 0.29) is 24.2 Å². The van der Waals surface area contributed by atoms with Gasteiger partial charge in [0.25, 0.3) is 0 Å². The van der Waals surface area contributed by atoms with Crippen LogP contribution in [-0.2, 0) is 32.9 Å². The summed E-state index contributed by atoms with van der Waals surface area (Å²) in [5.41, 5.74) is 0.423. The second kappa shape index (κ2) is 32.7. The maximum atomic E-state index is 13.8. The molecular weight excluding hydrogens is 859 g/mol. The Kier molecular flexibility index (Phi) is 28.9. The smallest absolute Gasteiger partial charge is 0.338 e. The van der Waals surface area contributed by atoms with Crippen molar-refractivity contribution >= 4 is 20.2 Å². The van der Waals surface area contributed by atoms with Gasteiger partial charge in [-0.3, -0.25) is 4.79 Å². The van der Waals surface area contributed by atoms with E-state index in [1.54, 1.807) is 12.1 Å². The Balaban J connectivity index is 1.71. The zero-order valence-electron chi connectivity index (χ0n) is 44.1. The van der Waals surface area contributed by atoms with Crippen molar-refractivity contribution < 1.29 is 42.8 Å². The summed E-state index contributed by atoms with van der Waals surface area (Å²) >= 11 is 0. The maximum absolute atomic E-state index is 13.8. The lowest BCUT2D eigenvalue weighted by molar-refractivity contribution is -0.283. The molecule has 0 aromatic heterocycles. The van der Waals surface area contributed by atoms with E-state index >= 15 is 0 Å². The van der Waals surface area contributed by atoms with Crippen LogP contribution in [0.25, 0.3) is 0 Å². The van der Waals surface area contributed by atoms with Crippen LogP contribution in [-0.4, -0.2) is 87.2 Å². The van der Waals surface area contributed by atoms with Crippen molar-refractivity contribution in [2.24, 2.45) is 0 Å². The number of aliphatic hydroxyl groups is 1. The first-order valence-electron chi connectivity index (χ1n) is 27.2. The average molecular weight is 958 g/mol. The third kappa shape index (κ3) is 23.6. The molecule has 2 aliphatic heterocycles. The number of allylic oxidation sites excluding steroid dienone is 1. The third-order valence-corrected chi connectivity index (χ3v) is 18.6. The standard InChI is InChI=1S/C56H99NO9Si/c1-10-12-14-16-18-20-22-24-26-28-30-32-37-41-47(63-53(60)45-39-35-34-36-40-45)46(57-49(58)42-38-33-31-29-27-25-23-21-19-17-15-13-11-2)43-61-54-50(59)52-51(65-56(6,7)66-52)48(64-54)44-62-67(8,9)55(3,4)5/h34-37,39-41,46-48,50-52,54,59H,10-33,38,42-44H2,1-9H3,(H,57,58)/b41-37+/t46?,47?,48-,50-,51+,52-,54+/m1/s1. The van der Waals surface area contributed by atoms with E-state index in [4.69, 9.17) is 28.1 Å². The predicted molar refractivity (Wildman–Crippen MR) is 276 cm³/mol. The molecule has 2 saturated heterocycles. The van der Waals surface area contributed by atoms with Gasteiger partial charge < -0.3 is 38.5 Å². The molecule has 0 radical (unpaired) electrons. The highest BCUT2D eigenvalue weighted by atomic mass is 28.4. The van der Waals surface area contributed by atoms with Crippen molar-refractivity contribution in [3.05, 3.63) is 48.0 Å². The fourth-order valence-electron chi connectivity index (χ4n) is 8.81. The second-order valence-corrected chi connectivity index (χ2v) is 26.5. The van der Waals surface area contributed by atoms with Gasteiger partial charge in [0.05, 0.1) is 24.8 Å². The molecule has 0 bridgehead atoms. The molecule has 67 heavy (non-hydrogen) atoms. The summed E-state index contributed by atoms with van der Waals surface area (Å²) in [7, 11) is -2.17. The van der Waals surface area contributed by atoms with E-state index < -0.39 is 62.9 Å². The Morgan fingerprint density at radius 1 is 0.746 bits per heavy atom. The van der Waals surface area contributed by atoms with E-state index in [2.05, 4.69) is 59.1 Å². The quantitative estimate of drug-likeness (QED) is 0.0290. The van der Waals surface area contributed by atoms with Crippen molar-refractivity contribution in [2.75, 3.05) is 13.2 Å². The second-order valence-electron chi connectivity index (χ2n) is 21.7. The largest absolute Gasteiger partial charge is 0.452 e. The van der Waals surface area contributed by atoms with Crippen LogP contribution in [0.4, 0.5) is 0 Å². The number of aliphatic hydroxyl groups excluding tert-OH is 1. The van der Waals surface area contributed by atoms with Crippen molar-refractivity contribution in [1.82, 2.24) is 5.32 Å². The monoisotopic (exact) mass is 958 g/mol. The molecule has 0 saturated carbocycles. The van der Waals surface area contributed by atoms with Crippen LogP contribution in [0.5, 0.6) is 0 Å². The first-order valence-corrected chi connectivity index (χ1v) is 30.2. The van der Waals surface area contributed by atoms with Crippen LogP contribution in [0.3, 0.4) is 0 Å². The molecule has 2 aliphatic rings. The first kappa shape index (κ1) is 59.2. The first-order chi connectivity index (χ1) is 32.1. The summed E-state index contributed by atoms with van der Waals surface area (Å²) < 4.78 is 38.4. The molecule has 11 heteroatoms. The minimum atomic E-state index is -2.17. The average Bonchev–Trinajstić information content (AvgIpc) is 3.63. The highest BCUT2D eigenvalue weighted by molar-refractivity contribution is 6.74. The Labute approximate surface area is 410 Å². The number of hydrogen-bond acceptors (Lipinski definition) is 9. The summed E-state index contributed by atoms with van der Waals surface area (Å²) in [5, 5.41) is 14.9. The molecule has 10 nitrogen and oxygen atoms in total. The molecule has 2 heterocycles. The summed E-state index contributed by atoms with van der Waals surface area (Å²) in [6, 6.07) is 8.17. The maximum Gasteiger partial charge on any atom is 0.338 e. The van der Waals surface area contributed by atoms with Gasteiger partial charge >= 0.3 is 5.97 Å². The molecule has 1 amide bonds. The molecule has 2 unspecified atom stereocenters. The topological polar surface area (TPSA) is 122 Å². The predicted octanol–water partition coefficient (Wildman–Crippen LogP) is 14.1. The molecule has 0 aliphatic carbocycles. The SMILES string of the molecule is CCCCCCCCCCCCC/C=C/C(OC(=O)c1ccccc1)C(CO[C@H]1O[C@H](CO[Si](C)(C)C(C)(C)C)[C@@H]2OC(C)(C)O[C@@H]2[C@H]1O)NC(=O)CCCCCCCCCCCCCCC. The summed E-state index contributed by atoms with van der Waals surface area (Å²) in [4.78, 5) is 27.5. The Hall–Kier alpha value is -2.12. The molecule has 0 spiro atoms. The van der Waals surface area contributed by atoms with Crippen molar-refractivity contribution in [1.29, 1.82) is 0 Å². The number of ether oxygens (including phenoxy) is 5. The van der Waals surface area contributed by atoms with Crippen LogP contribution >= 0.6 is 0 Å². The van der Waals surface area contributed by atoms with Crippen LogP contribution in [0.2, 0.25) is 18.1 Å². The fraction of sp³-hybridized carbons (Fsp3) is 0.821. The Morgan fingerprint density at radius 3 is 1.76 bits per heavy atom. The minimum Gasteiger partial charge on any atom is -0.452 e. The zero-order chi connectivity index (χ0) is 49.0. The van der Waals surface area contributed by atoms with Crippen LogP contribution < -0.4 is 5.32 Å². The number of carbonyl (C=O) groups is 2. The van der Waals surface area contributed by atoms with Crippen molar-refractivity contribution in [2.45, 2.75) is 282 Å². The molecule has 3 rings (SSSR count). The number of esters is 1. The van der Waals surface area contributed by atoms with Crippen molar-refractivity contribution in [3.63, 3.8) is 0 Å². The van der Waals surface area contributed by atoms with Gasteiger partial charge in [0.2, 0.25) is 5.91 Å². The van der Waals surface area contributed by atoms with Gasteiger partial charge in [-0.1, -0.05) is 200 Å². The number of hydrogen-bond donors (Lipinski definition) is 2. The minimum absolute atomic E-state index is 0.0197. The summed E-state index contributed by atoms with van der Waals surface area (Å²) in [6.45, 7) is 19.3. The van der Waals surface area contributed by atoms with Crippen LogP contribution in [0.15, 0.2) is 42.5 Å². The highest BCUT2D eigenvalue weighted by Gasteiger charge is 2.56. The normalized spacial score (nSPS) is 21.6. The van der Waals surface area contributed by atoms with E-state index in [9.17, 15) is 14.7 Å². The molecule has 2 fully saturated rings. The number of carbonyl (C=O) groups excluding carboxylic acids is 2. The molecular formula is C56H99NO9Si. The molecule has 7 atom stereocenters. The van der Waals surface area contributed by atoms with Gasteiger partial charge in [0, 0.05) is 6.42 Å². The van der Waals surface area contributed by atoms with Gasteiger partial charge in [-0.05, 0) is 69.5 Å². The molecule has 386 valence electrons. The highest BCUT2D eigenvalue weighted by Crippen LogP contribution is 2.40. The Bertz CT molecular complexity index is 1480. The van der Waals surface area contributed by atoms with Gasteiger partial charge in [-0.15, -0.1) is 0 Å². The van der Waals surface area contributed by atoms with Gasteiger partial charge in [-0.2, -0.15) is 0 Å². The van der Waals surface area contributed by atoms with Crippen LogP contribution in [0.1, 0.15) is 226 Å². The number of benzene rings is 1. The Morgan fingerprint density at radius 2 is 1.24 bits per heavy atom. The third-order valence-electron chi connectivity index (χ3n) is 14.1. The number of rotatable bonds is 37. The fourth-order valence-corrected chi connectivity index (χ4v) is 9.82. The van der Waals surface area contributed by atoms with Gasteiger partial charge in [0.1, 0.15) is 30.5 Å². The van der Waals surface area contributed by atoms with Crippen molar-refractivity contribution in [3.8, 4) is 0 Å².